The highest BCUT2D eigenvalue weighted by molar-refractivity contribution is 6.05. The molecule has 0 aromatic heterocycles. The summed E-state index contributed by atoms with van der Waals surface area (Å²) in [4.78, 5) is 22.8. The van der Waals surface area contributed by atoms with Crippen molar-refractivity contribution in [2.24, 2.45) is 0 Å². The summed E-state index contributed by atoms with van der Waals surface area (Å²) in [5.74, 6) is -3.59. The summed E-state index contributed by atoms with van der Waals surface area (Å²) in [5.41, 5.74) is 1.34. The SMILES string of the molecule is CC(=O)c1c(O)cc(OC/C=C(\C)CCC=C(C)C)c(C(=O)O)c1O. The Labute approximate surface area is 147 Å². The highest BCUT2D eigenvalue weighted by Gasteiger charge is 2.25. The topological polar surface area (TPSA) is 104 Å². The van der Waals surface area contributed by atoms with Crippen molar-refractivity contribution < 1.29 is 29.6 Å². The molecule has 1 aromatic rings. The third-order valence-electron chi connectivity index (χ3n) is 3.57. The average molecular weight is 348 g/mol. The molecule has 0 unspecified atom stereocenters. The van der Waals surface area contributed by atoms with Crippen molar-refractivity contribution in [3.8, 4) is 17.2 Å². The Bertz CT molecular complexity index is 724. The van der Waals surface area contributed by atoms with E-state index in [1.807, 2.05) is 20.8 Å². The van der Waals surface area contributed by atoms with E-state index in [-0.39, 0.29) is 12.4 Å². The molecule has 1 rings (SSSR count). The van der Waals surface area contributed by atoms with Gasteiger partial charge in [-0.2, -0.15) is 0 Å². The predicted molar refractivity (Wildman–Crippen MR) is 94.7 cm³/mol. The number of carbonyl (C=O) groups excluding carboxylic acids is 1. The summed E-state index contributed by atoms with van der Waals surface area (Å²) in [6, 6.07) is 1.03. The minimum absolute atomic E-state index is 0.0826. The average Bonchev–Trinajstić information content (AvgIpc) is 2.45. The van der Waals surface area contributed by atoms with E-state index in [0.29, 0.717) is 0 Å². The van der Waals surface area contributed by atoms with Crippen molar-refractivity contribution >= 4 is 11.8 Å². The van der Waals surface area contributed by atoms with Crippen LogP contribution in [0, 0.1) is 0 Å². The van der Waals surface area contributed by atoms with Crippen molar-refractivity contribution in [3.05, 3.63) is 40.5 Å². The molecule has 0 aliphatic heterocycles. The predicted octanol–water partition coefficient (Wildman–Crippen LogP) is 4.07. The molecule has 0 radical (unpaired) electrons. The number of phenolic OH excluding ortho intramolecular Hbond substituents is 1. The first kappa shape index (κ1) is 20.3. The van der Waals surface area contributed by atoms with E-state index in [4.69, 9.17) is 4.74 Å². The molecule has 1 aromatic carbocycles. The van der Waals surface area contributed by atoms with Gasteiger partial charge in [0.1, 0.15) is 35.0 Å². The summed E-state index contributed by atoms with van der Waals surface area (Å²) in [5, 5.41) is 29.1. The fourth-order valence-corrected chi connectivity index (χ4v) is 2.26. The van der Waals surface area contributed by atoms with E-state index < -0.39 is 34.4 Å². The van der Waals surface area contributed by atoms with Gasteiger partial charge in [-0.1, -0.05) is 17.2 Å². The number of rotatable bonds is 8. The van der Waals surface area contributed by atoms with Gasteiger partial charge in [-0.25, -0.2) is 4.79 Å². The highest BCUT2D eigenvalue weighted by atomic mass is 16.5. The molecule has 0 saturated carbocycles. The Morgan fingerprint density at radius 1 is 1.08 bits per heavy atom. The molecule has 136 valence electrons. The lowest BCUT2D eigenvalue weighted by Crippen LogP contribution is -2.07. The molecule has 0 spiro atoms. The zero-order chi connectivity index (χ0) is 19.1. The number of aromatic hydroxyl groups is 2. The van der Waals surface area contributed by atoms with Gasteiger partial charge >= 0.3 is 5.97 Å². The maximum atomic E-state index is 11.5. The van der Waals surface area contributed by atoms with Gasteiger partial charge in [-0.15, -0.1) is 0 Å². The van der Waals surface area contributed by atoms with Crippen LogP contribution in [0.15, 0.2) is 29.4 Å². The van der Waals surface area contributed by atoms with Crippen LogP contribution in [0.2, 0.25) is 0 Å². The van der Waals surface area contributed by atoms with Crippen molar-refractivity contribution in [2.45, 2.75) is 40.5 Å². The molecule has 6 heteroatoms. The number of aromatic carboxylic acids is 1. The van der Waals surface area contributed by atoms with E-state index in [9.17, 15) is 24.9 Å². The van der Waals surface area contributed by atoms with E-state index in [2.05, 4.69) is 6.08 Å². The van der Waals surface area contributed by atoms with Gasteiger partial charge in [-0.3, -0.25) is 4.79 Å². The van der Waals surface area contributed by atoms with Crippen LogP contribution in [0.4, 0.5) is 0 Å². The molecule has 25 heavy (non-hydrogen) atoms. The first-order valence-electron chi connectivity index (χ1n) is 7.90. The maximum Gasteiger partial charge on any atom is 0.343 e. The van der Waals surface area contributed by atoms with Crippen molar-refractivity contribution in [2.75, 3.05) is 6.61 Å². The number of carboxylic acids is 1. The Morgan fingerprint density at radius 3 is 2.24 bits per heavy atom. The number of ether oxygens (including phenoxy) is 1. The van der Waals surface area contributed by atoms with Crippen molar-refractivity contribution in [3.63, 3.8) is 0 Å². The van der Waals surface area contributed by atoms with Gasteiger partial charge in [0, 0.05) is 6.07 Å². The summed E-state index contributed by atoms with van der Waals surface area (Å²) in [6.45, 7) is 7.20. The second kappa shape index (κ2) is 8.92. The molecular formula is C19H24O6. The molecule has 3 N–H and O–H groups in total. The van der Waals surface area contributed by atoms with Crippen LogP contribution < -0.4 is 4.74 Å². The van der Waals surface area contributed by atoms with Crippen LogP contribution in [-0.2, 0) is 0 Å². The highest BCUT2D eigenvalue weighted by Crippen LogP contribution is 2.38. The quantitative estimate of drug-likeness (QED) is 0.483. The first-order valence-corrected chi connectivity index (χ1v) is 7.90. The standard InChI is InChI=1S/C19H24O6/c1-11(2)6-5-7-12(3)8-9-25-15-10-14(21)16(13(4)20)18(22)17(15)19(23)24/h6,8,10,21-22H,5,7,9H2,1-4H3,(H,23,24)/b12-8+. The van der Waals surface area contributed by atoms with Gasteiger partial charge in [0.25, 0.3) is 0 Å². The molecular weight excluding hydrogens is 324 g/mol. The van der Waals surface area contributed by atoms with Gasteiger partial charge in [0.2, 0.25) is 0 Å². The Morgan fingerprint density at radius 2 is 1.72 bits per heavy atom. The second-order valence-electron chi connectivity index (χ2n) is 6.04. The van der Waals surface area contributed by atoms with Crippen molar-refractivity contribution in [1.82, 2.24) is 0 Å². The zero-order valence-corrected chi connectivity index (χ0v) is 14.9. The number of allylic oxidation sites excluding steroid dienone is 3. The smallest absolute Gasteiger partial charge is 0.343 e. The van der Waals surface area contributed by atoms with Gasteiger partial charge in [-0.05, 0) is 46.6 Å². The van der Waals surface area contributed by atoms with E-state index in [1.165, 1.54) is 5.57 Å². The minimum atomic E-state index is -1.45. The number of ketones is 1. The number of Topliss-reactive ketones (excluding diaryl/α,β-unsaturated/α-hetero) is 1. The lowest BCUT2D eigenvalue weighted by atomic mass is 10.0. The fraction of sp³-hybridized carbons (Fsp3) is 0.368. The van der Waals surface area contributed by atoms with Crippen LogP contribution in [-0.4, -0.2) is 33.7 Å². The van der Waals surface area contributed by atoms with Crippen LogP contribution in [0.25, 0.3) is 0 Å². The summed E-state index contributed by atoms with van der Waals surface area (Å²) < 4.78 is 5.39. The van der Waals surface area contributed by atoms with Gasteiger partial charge < -0.3 is 20.1 Å². The number of phenols is 2. The van der Waals surface area contributed by atoms with E-state index >= 15 is 0 Å². The Hall–Kier alpha value is -2.76. The Balaban J connectivity index is 2.97. The molecule has 0 amide bonds. The normalized spacial score (nSPS) is 11.1. The second-order valence-corrected chi connectivity index (χ2v) is 6.04. The molecule has 0 saturated heterocycles. The van der Waals surface area contributed by atoms with E-state index in [1.54, 1.807) is 6.08 Å². The minimum Gasteiger partial charge on any atom is -0.507 e. The lowest BCUT2D eigenvalue weighted by Gasteiger charge is -2.13. The monoisotopic (exact) mass is 348 g/mol. The van der Waals surface area contributed by atoms with Crippen LogP contribution in [0.5, 0.6) is 17.2 Å². The molecule has 0 bridgehead atoms. The molecule has 0 atom stereocenters. The van der Waals surface area contributed by atoms with Gasteiger partial charge in [0.15, 0.2) is 5.78 Å². The lowest BCUT2D eigenvalue weighted by molar-refractivity contribution is 0.0689. The van der Waals surface area contributed by atoms with Crippen LogP contribution >= 0.6 is 0 Å². The third-order valence-corrected chi connectivity index (χ3v) is 3.57. The summed E-state index contributed by atoms with van der Waals surface area (Å²) >= 11 is 0. The number of carbonyl (C=O) groups is 2. The molecule has 6 nitrogen and oxygen atoms in total. The fourth-order valence-electron chi connectivity index (χ4n) is 2.26. The van der Waals surface area contributed by atoms with Crippen LogP contribution in [0.1, 0.15) is 61.3 Å². The molecule has 0 fully saturated rings. The summed E-state index contributed by atoms with van der Waals surface area (Å²) in [7, 11) is 0. The maximum absolute atomic E-state index is 11.5. The molecule has 0 aliphatic carbocycles. The molecule has 0 aliphatic rings. The van der Waals surface area contributed by atoms with Crippen molar-refractivity contribution in [1.29, 1.82) is 0 Å². The number of benzene rings is 1. The number of hydrogen-bond acceptors (Lipinski definition) is 5. The Kier molecular flexibility index (Phi) is 7.23. The molecule has 0 heterocycles. The third kappa shape index (κ3) is 5.67. The van der Waals surface area contributed by atoms with Crippen LogP contribution in [0.3, 0.4) is 0 Å². The number of hydrogen-bond donors (Lipinski definition) is 3. The van der Waals surface area contributed by atoms with Gasteiger partial charge in [0.05, 0.1) is 0 Å². The summed E-state index contributed by atoms with van der Waals surface area (Å²) in [6.07, 6.45) is 5.68. The largest absolute Gasteiger partial charge is 0.507 e. The number of carboxylic acid groups (broad SMARTS) is 1. The first-order chi connectivity index (χ1) is 11.6. The zero-order valence-electron chi connectivity index (χ0n) is 14.9. The van der Waals surface area contributed by atoms with E-state index in [0.717, 1.165) is 31.4 Å².